The van der Waals surface area contributed by atoms with Crippen LogP contribution >= 0.6 is 0 Å². The Morgan fingerprint density at radius 2 is 1.63 bits per heavy atom. The molecule has 0 radical (unpaired) electrons. The predicted octanol–water partition coefficient (Wildman–Crippen LogP) is 3.48. The zero-order valence-corrected chi connectivity index (χ0v) is 11.2. The Hall–Kier alpha value is -1.64. The Morgan fingerprint density at radius 1 is 1.00 bits per heavy atom. The average molecular weight is 252 g/mol. The SMILES string of the molecule is CC(NC1CC(N)c2ccccc21)c1ccccc1. The summed E-state index contributed by atoms with van der Waals surface area (Å²) in [5.74, 6) is 0. The number of nitrogens with one attached hydrogen (secondary N) is 1. The van der Waals surface area contributed by atoms with Crippen LogP contribution in [0.3, 0.4) is 0 Å². The van der Waals surface area contributed by atoms with Crippen LogP contribution in [-0.4, -0.2) is 0 Å². The molecule has 2 aromatic rings. The molecule has 98 valence electrons. The molecule has 0 bridgehead atoms. The first-order chi connectivity index (χ1) is 9.25. The van der Waals surface area contributed by atoms with Gasteiger partial charge in [0.05, 0.1) is 0 Å². The zero-order chi connectivity index (χ0) is 13.2. The van der Waals surface area contributed by atoms with Crippen LogP contribution < -0.4 is 11.1 Å². The fourth-order valence-corrected chi connectivity index (χ4v) is 2.97. The van der Waals surface area contributed by atoms with Gasteiger partial charge >= 0.3 is 0 Å². The second-order valence-corrected chi connectivity index (χ2v) is 5.32. The van der Waals surface area contributed by atoms with Gasteiger partial charge in [0.2, 0.25) is 0 Å². The van der Waals surface area contributed by atoms with E-state index in [1.807, 2.05) is 0 Å². The van der Waals surface area contributed by atoms with Crippen LogP contribution in [0.1, 0.15) is 48.2 Å². The number of nitrogens with two attached hydrogens (primary N) is 1. The molecule has 3 atom stereocenters. The van der Waals surface area contributed by atoms with Gasteiger partial charge in [0.1, 0.15) is 0 Å². The maximum absolute atomic E-state index is 6.21. The standard InChI is InChI=1S/C17H20N2/c1-12(13-7-3-2-4-8-13)19-17-11-16(18)14-9-5-6-10-15(14)17/h2-10,12,16-17,19H,11,18H2,1H3. The van der Waals surface area contributed by atoms with Gasteiger partial charge < -0.3 is 11.1 Å². The van der Waals surface area contributed by atoms with Gasteiger partial charge in [0.25, 0.3) is 0 Å². The minimum absolute atomic E-state index is 0.164. The summed E-state index contributed by atoms with van der Waals surface area (Å²) in [6.45, 7) is 2.21. The van der Waals surface area contributed by atoms with Crippen LogP contribution in [0.5, 0.6) is 0 Å². The summed E-state index contributed by atoms with van der Waals surface area (Å²) in [6, 6.07) is 19.9. The van der Waals surface area contributed by atoms with Gasteiger partial charge in [-0.3, -0.25) is 0 Å². The topological polar surface area (TPSA) is 38.0 Å². The molecule has 2 aromatic carbocycles. The van der Waals surface area contributed by atoms with E-state index in [9.17, 15) is 0 Å². The highest BCUT2D eigenvalue weighted by Gasteiger charge is 2.28. The Kier molecular flexibility index (Phi) is 3.36. The van der Waals surface area contributed by atoms with Crippen LogP contribution in [0.15, 0.2) is 54.6 Å². The first kappa shape index (κ1) is 12.4. The summed E-state index contributed by atoms with van der Waals surface area (Å²) >= 11 is 0. The van der Waals surface area contributed by atoms with Gasteiger partial charge in [0, 0.05) is 18.1 Å². The third-order valence-electron chi connectivity index (χ3n) is 4.01. The summed E-state index contributed by atoms with van der Waals surface area (Å²) in [5, 5.41) is 3.70. The first-order valence-electron chi connectivity index (χ1n) is 6.91. The molecule has 0 saturated heterocycles. The molecule has 0 saturated carbocycles. The van der Waals surface area contributed by atoms with E-state index in [0.717, 1.165) is 6.42 Å². The van der Waals surface area contributed by atoms with Crippen molar-refractivity contribution in [2.75, 3.05) is 0 Å². The van der Waals surface area contributed by atoms with Crippen molar-refractivity contribution in [1.29, 1.82) is 0 Å². The highest BCUT2D eigenvalue weighted by atomic mass is 15.0. The van der Waals surface area contributed by atoms with Crippen LogP contribution in [0.4, 0.5) is 0 Å². The minimum atomic E-state index is 0.164. The second-order valence-electron chi connectivity index (χ2n) is 5.32. The molecule has 1 aliphatic carbocycles. The molecule has 0 fully saturated rings. The predicted molar refractivity (Wildman–Crippen MR) is 78.7 cm³/mol. The van der Waals surface area contributed by atoms with E-state index in [0.29, 0.717) is 12.1 Å². The van der Waals surface area contributed by atoms with Crippen LogP contribution in [-0.2, 0) is 0 Å². The van der Waals surface area contributed by atoms with Gasteiger partial charge in [-0.15, -0.1) is 0 Å². The van der Waals surface area contributed by atoms with Crippen LogP contribution in [0, 0.1) is 0 Å². The lowest BCUT2D eigenvalue weighted by atomic mass is 10.0. The molecule has 19 heavy (non-hydrogen) atoms. The highest BCUT2D eigenvalue weighted by Crippen LogP contribution is 2.38. The largest absolute Gasteiger partial charge is 0.324 e. The molecule has 0 spiro atoms. The monoisotopic (exact) mass is 252 g/mol. The molecule has 0 amide bonds. The summed E-state index contributed by atoms with van der Waals surface area (Å²) in [5.41, 5.74) is 10.2. The fourth-order valence-electron chi connectivity index (χ4n) is 2.97. The van der Waals surface area contributed by atoms with E-state index in [-0.39, 0.29) is 6.04 Å². The van der Waals surface area contributed by atoms with Crippen molar-refractivity contribution in [1.82, 2.24) is 5.32 Å². The normalized spacial score (nSPS) is 23.1. The number of hydrogen-bond acceptors (Lipinski definition) is 2. The second kappa shape index (κ2) is 5.16. The van der Waals surface area contributed by atoms with Gasteiger partial charge in [-0.25, -0.2) is 0 Å². The quantitative estimate of drug-likeness (QED) is 0.877. The fraction of sp³-hybridized carbons (Fsp3) is 0.294. The molecule has 2 heteroatoms. The van der Waals surface area contributed by atoms with E-state index in [4.69, 9.17) is 5.73 Å². The molecule has 0 heterocycles. The third kappa shape index (κ3) is 2.42. The Morgan fingerprint density at radius 3 is 2.37 bits per heavy atom. The molecule has 1 aliphatic rings. The maximum atomic E-state index is 6.21. The van der Waals surface area contributed by atoms with Gasteiger partial charge in [-0.05, 0) is 30.0 Å². The van der Waals surface area contributed by atoms with Gasteiger partial charge in [-0.2, -0.15) is 0 Å². The van der Waals surface area contributed by atoms with E-state index >= 15 is 0 Å². The smallest absolute Gasteiger partial charge is 0.0347 e. The van der Waals surface area contributed by atoms with Crippen molar-refractivity contribution in [3.8, 4) is 0 Å². The lowest BCUT2D eigenvalue weighted by molar-refractivity contribution is 0.446. The van der Waals surface area contributed by atoms with Gasteiger partial charge in [0.15, 0.2) is 0 Å². The minimum Gasteiger partial charge on any atom is -0.324 e. The summed E-state index contributed by atoms with van der Waals surface area (Å²) < 4.78 is 0. The molecular formula is C17H20N2. The highest BCUT2D eigenvalue weighted by molar-refractivity contribution is 5.37. The van der Waals surface area contributed by atoms with E-state index in [1.165, 1.54) is 16.7 Å². The molecule has 3 unspecified atom stereocenters. The molecule has 3 rings (SSSR count). The van der Waals surface area contributed by atoms with Crippen molar-refractivity contribution in [2.45, 2.75) is 31.5 Å². The summed E-state index contributed by atoms with van der Waals surface area (Å²) in [4.78, 5) is 0. The van der Waals surface area contributed by atoms with Crippen molar-refractivity contribution >= 4 is 0 Å². The lowest BCUT2D eigenvalue weighted by Gasteiger charge is -2.20. The van der Waals surface area contributed by atoms with E-state index in [1.54, 1.807) is 0 Å². The maximum Gasteiger partial charge on any atom is 0.0347 e. The van der Waals surface area contributed by atoms with Gasteiger partial charge in [-0.1, -0.05) is 54.6 Å². The number of benzene rings is 2. The molecular weight excluding hydrogens is 232 g/mol. The first-order valence-corrected chi connectivity index (χ1v) is 6.91. The summed E-state index contributed by atoms with van der Waals surface area (Å²) in [7, 11) is 0. The third-order valence-corrected chi connectivity index (χ3v) is 4.01. The Bertz CT molecular complexity index is 550. The Balaban J connectivity index is 1.79. The van der Waals surface area contributed by atoms with Crippen LogP contribution in [0.2, 0.25) is 0 Å². The van der Waals surface area contributed by atoms with Crippen molar-refractivity contribution in [3.05, 3.63) is 71.3 Å². The number of rotatable bonds is 3. The summed E-state index contributed by atoms with van der Waals surface area (Å²) in [6.07, 6.45) is 0.983. The van der Waals surface area contributed by atoms with E-state index in [2.05, 4.69) is 66.8 Å². The van der Waals surface area contributed by atoms with E-state index < -0.39 is 0 Å². The number of fused-ring (bicyclic) bond motifs is 1. The molecule has 3 N–H and O–H groups in total. The number of hydrogen-bond donors (Lipinski definition) is 2. The molecule has 2 nitrogen and oxygen atoms in total. The zero-order valence-electron chi connectivity index (χ0n) is 11.2. The lowest BCUT2D eigenvalue weighted by Crippen LogP contribution is -2.23. The van der Waals surface area contributed by atoms with Crippen molar-refractivity contribution in [3.63, 3.8) is 0 Å². The van der Waals surface area contributed by atoms with Crippen molar-refractivity contribution < 1.29 is 0 Å². The van der Waals surface area contributed by atoms with Crippen LogP contribution in [0.25, 0.3) is 0 Å². The van der Waals surface area contributed by atoms with Crippen molar-refractivity contribution in [2.24, 2.45) is 5.73 Å². The average Bonchev–Trinajstić information content (AvgIpc) is 2.77. The molecule has 0 aliphatic heterocycles. The Labute approximate surface area is 114 Å². The molecule has 0 aromatic heterocycles.